The Morgan fingerprint density at radius 2 is 2.00 bits per heavy atom. The van der Waals surface area contributed by atoms with Crippen LogP contribution in [0.4, 0.5) is 5.69 Å². The standard InChI is InChI=1S/C18H18ClN3O5S/c1-26-7-6-21-17(24)16-13(5-8-28-16)22(18(21)25)10-15(23)20-11-3-4-14(27-2)12(19)9-11/h3-5,8-9H,6-7,10H2,1-2H3,(H,20,23). The molecular weight excluding hydrogens is 406 g/mol. The van der Waals surface area contributed by atoms with Gasteiger partial charge in [-0.05, 0) is 29.6 Å². The molecule has 0 aliphatic rings. The number of halogens is 1. The number of nitrogens with one attached hydrogen (secondary N) is 1. The van der Waals surface area contributed by atoms with Crippen LogP contribution in [0.15, 0.2) is 39.2 Å². The van der Waals surface area contributed by atoms with Crippen LogP contribution in [-0.2, 0) is 22.6 Å². The minimum atomic E-state index is -0.559. The van der Waals surface area contributed by atoms with Crippen molar-refractivity contribution in [2.75, 3.05) is 26.1 Å². The van der Waals surface area contributed by atoms with Crippen molar-refractivity contribution in [1.29, 1.82) is 0 Å². The predicted molar refractivity (Wildman–Crippen MR) is 109 cm³/mol. The third kappa shape index (κ3) is 3.96. The highest BCUT2D eigenvalue weighted by molar-refractivity contribution is 7.17. The number of ether oxygens (including phenoxy) is 2. The molecule has 10 heteroatoms. The summed E-state index contributed by atoms with van der Waals surface area (Å²) in [4.78, 5) is 37.8. The van der Waals surface area contributed by atoms with E-state index >= 15 is 0 Å². The number of hydrogen-bond acceptors (Lipinski definition) is 6. The largest absolute Gasteiger partial charge is 0.495 e. The van der Waals surface area contributed by atoms with Gasteiger partial charge < -0.3 is 14.8 Å². The molecule has 8 nitrogen and oxygen atoms in total. The third-order valence-electron chi connectivity index (χ3n) is 4.09. The van der Waals surface area contributed by atoms with Crippen molar-refractivity contribution in [3.8, 4) is 5.75 Å². The van der Waals surface area contributed by atoms with Crippen LogP contribution < -0.4 is 21.3 Å². The fraction of sp³-hybridized carbons (Fsp3) is 0.278. The maximum Gasteiger partial charge on any atom is 0.332 e. The minimum Gasteiger partial charge on any atom is -0.495 e. The molecule has 0 spiro atoms. The van der Waals surface area contributed by atoms with Crippen LogP contribution in [0, 0.1) is 0 Å². The van der Waals surface area contributed by atoms with E-state index in [-0.39, 0.29) is 25.3 Å². The Morgan fingerprint density at radius 1 is 1.21 bits per heavy atom. The summed E-state index contributed by atoms with van der Waals surface area (Å²) in [5.74, 6) is 0.0638. The van der Waals surface area contributed by atoms with E-state index in [4.69, 9.17) is 21.1 Å². The van der Waals surface area contributed by atoms with E-state index in [1.54, 1.807) is 29.6 Å². The van der Waals surface area contributed by atoms with E-state index in [0.29, 0.717) is 26.7 Å². The molecule has 1 aromatic carbocycles. The Kier molecular flexibility index (Phi) is 6.18. The van der Waals surface area contributed by atoms with Crippen LogP contribution in [-0.4, -0.2) is 35.9 Å². The number of amides is 1. The van der Waals surface area contributed by atoms with Gasteiger partial charge in [-0.15, -0.1) is 11.3 Å². The Balaban J connectivity index is 1.92. The molecule has 0 aliphatic carbocycles. The second kappa shape index (κ2) is 8.59. The molecule has 2 heterocycles. The number of anilines is 1. The molecule has 2 aromatic heterocycles. The third-order valence-corrected chi connectivity index (χ3v) is 5.28. The van der Waals surface area contributed by atoms with Gasteiger partial charge in [0.2, 0.25) is 5.91 Å². The van der Waals surface area contributed by atoms with Gasteiger partial charge in [0.1, 0.15) is 17.0 Å². The maximum atomic E-state index is 12.8. The summed E-state index contributed by atoms with van der Waals surface area (Å²) >= 11 is 7.29. The molecule has 148 valence electrons. The first kappa shape index (κ1) is 20.1. The lowest BCUT2D eigenvalue weighted by molar-refractivity contribution is -0.116. The number of hydrogen-bond donors (Lipinski definition) is 1. The zero-order valence-corrected chi connectivity index (χ0v) is 16.8. The highest BCUT2D eigenvalue weighted by Gasteiger charge is 2.16. The normalized spacial score (nSPS) is 11.0. The highest BCUT2D eigenvalue weighted by atomic mass is 35.5. The number of fused-ring (bicyclic) bond motifs is 1. The van der Waals surface area contributed by atoms with E-state index in [1.807, 2.05) is 0 Å². The van der Waals surface area contributed by atoms with Crippen LogP contribution in [0.1, 0.15) is 0 Å². The first-order chi connectivity index (χ1) is 13.5. The van der Waals surface area contributed by atoms with E-state index in [9.17, 15) is 14.4 Å². The summed E-state index contributed by atoms with van der Waals surface area (Å²) in [6.45, 7) is 0.0727. The van der Waals surface area contributed by atoms with Crippen LogP contribution in [0.3, 0.4) is 0 Å². The van der Waals surface area contributed by atoms with E-state index in [0.717, 1.165) is 4.57 Å². The van der Waals surface area contributed by atoms with Gasteiger partial charge in [0.25, 0.3) is 5.56 Å². The lowest BCUT2D eigenvalue weighted by atomic mass is 10.3. The van der Waals surface area contributed by atoms with Crippen LogP contribution >= 0.6 is 22.9 Å². The fourth-order valence-corrected chi connectivity index (χ4v) is 3.85. The fourth-order valence-electron chi connectivity index (χ4n) is 2.75. The number of methoxy groups -OCH3 is 2. The molecule has 0 radical (unpaired) electrons. The molecule has 1 N–H and O–H groups in total. The number of benzene rings is 1. The molecule has 0 unspecified atom stereocenters. The number of thiophene rings is 1. The lowest BCUT2D eigenvalue weighted by Crippen LogP contribution is -2.42. The molecule has 0 saturated heterocycles. The molecule has 0 atom stereocenters. The Labute approximate surface area is 168 Å². The first-order valence-corrected chi connectivity index (χ1v) is 9.55. The molecule has 0 aliphatic heterocycles. The summed E-state index contributed by atoms with van der Waals surface area (Å²) in [7, 11) is 2.98. The average Bonchev–Trinajstić information content (AvgIpc) is 3.15. The van der Waals surface area contributed by atoms with Crippen molar-refractivity contribution in [3.05, 3.63) is 55.5 Å². The van der Waals surface area contributed by atoms with Crippen molar-refractivity contribution in [2.24, 2.45) is 0 Å². The Bertz CT molecular complexity index is 1130. The van der Waals surface area contributed by atoms with Crippen molar-refractivity contribution in [1.82, 2.24) is 9.13 Å². The van der Waals surface area contributed by atoms with Crippen molar-refractivity contribution in [3.63, 3.8) is 0 Å². The minimum absolute atomic E-state index is 0.109. The van der Waals surface area contributed by atoms with Gasteiger partial charge in [-0.2, -0.15) is 0 Å². The Hall–Kier alpha value is -2.62. The Morgan fingerprint density at radius 3 is 2.68 bits per heavy atom. The second-order valence-corrected chi connectivity index (χ2v) is 7.17. The van der Waals surface area contributed by atoms with Crippen LogP contribution in [0.25, 0.3) is 10.2 Å². The molecule has 0 bridgehead atoms. The summed E-state index contributed by atoms with van der Waals surface area (Å²) in [5, 5.41) is 4.76. The number of rotatable bonds is 7. The second-order valence-electron chi connectivity index (χ2n) is 5.85. The van der Waals surface area contributed by atoms with Crippen LogP contribution in [0.5, 0.6) is 5.75 Å². The zero-order valence-electron chi connectivity index (χ0n) is 15.2. The van der Waals surface area contributed by atoms with Gasteiger partial charge >= 0.3 is 5.69 Å². The van der Waals surface area contributed by atoms with Crippen molar-refractivity contribution in [2.45, 2.75) is 13.1 Å². The van der Waals surface area contributed by atoms with Crippen LogP contribution in [0.2, 0.25) is 5.02 Å². The van der Waals surface area contributed by atoms with Gasteiger partial charge in [0.05, 0.1) is 30.8 Å². The molecular formula is C18H18ClN3O5S. The zero-order chi connectivity index (χ0) is 20.3. The molecule has 28 heavy (non-hydrogen) atoms. The van der Waals surface area contributed by atoms with Gasteiger partial charge in [0, 0.05) is 12.8 Å². The van der Waals surface area contributed by atoms with E-state index in [1.165, 1.54) is 30.1 Å². The summed E-state index contributed by atoms with van der Waals surface area (Å²) in [6, 6.07) is 6.49. The molecule has 3 aromatic rings. The van der Waals surface area contributed by atoms with Gasteiger partial charge in [-0.3, -0.25) is 18.7 Å². The number of aromatic nitrogens is 2. The van der Waals surface area contributed by atoms with E-state index < -0.39 is 11.6 Å². The lowest BCUT2D eigenvalue weighted by Gasteiger charge is -2.12. The maximum absolute atomic E-state index is 12.8. The molecule has 3 rings (SSSR count). The summed E-state index contributed by atoms with van der Waals surface area (Å²) in [5.41, 5.74) is -0.0452. The van der Waals surface area contributed by atoms with Crippen molar-refractivity contribution < 1.29 is 14.3 Å². The quantitative estimate of drug-likeness (QED) is 0.628. The number of carbonyl (C=O) groups is 1. The summed E-state index contributed by atoms with van der Waals surface area (Å²) < 4.78 is 12.8. The van der Waals surface area contributed by atoms with E-state index in [2.05, 4.69) is 5.32 Å². The number of nitrogens with zero attached hydrogens (tertiary/aromatic N) is 2. The number of carbonyl (C=O) groups excluding carboxylic acids is 1. The van der Waals surface area contributed by atoms with Crippen molar-refractivity contribution >= 4 is 44.7 Å². The highest BCUT2D eigenvalue weighted by Crippen LogP contribution is 2.27. The topological polar surface area (TPSA) is 91.6 Å². The predicted octanol–water partition coefficient (Wildman–Crippen LogP) is 2.17. The first-order valence-electron chi connectivity index (χ1n) is 8.29. The smallest absolute Gasteiger partial charge is 0.332 e. The average molecular weight is 424 g/mol. The monoisotopic (exact) mass is 423 g/mol. The van der Waals surface area contributed by atoms with Gasteiger partial charge in [-0.25, -0.2) is 4.79 Å². The molecule has 0 saturated carbocycles. The van der Waals surface area contributed by atoms with Gasteiger partial charge in [-0.1, -0.05) is 11.6 Å². The van der Waals surface area contributed by atoms with Gasteiger partial charge in [0.15, 0.2) is 0 Å². The molecule has 0 fully saturated rings. The SMILES string of the molecule is COCCn1c(=O)c2sccc2n(CC(=O)Nc2ccc(OC)c(Cl)c2)c1=O. The molecule has 1 amide bonds. The summed E-state index contributed by atoms with van der Waals surface area (Å²) in [6.07, 6.45) is 0.